The van der Waals surface area contributed by atoms with Crippen LogP contribution in [0, 0.1) is 17.6 Å². The predicted molar refractivity (Wildman–Crippen MR) is 80.7 cm³/mol. The van der Waals surface area contributed by atoms with E-state index in [1.54, 1.807) is 13.8 Å². The van der Waals surface area contributed by atoms with E-state index in [9.17, 15) is 18.7 Å². The molecule has 0 aliphatic heterocycles. The van der Waals surface area contributed by atoms with Crippen molar-refractivity contribution in [3.8, 4) is 0 Å². The molecule has 6 nitrogen and oxygen atoms in total. The zero-order valence-electron chi connectivity index (χ0n) is 13.4. The zero-order chi connectivity index (χ0) is 17.7. The lowest BCUT2D eigenvalue weighted by Crippen LogP contribution is -2.44. The highest BCUT2D eigenvalue weighted by atomic mass is 19.1. The Morgan fingerprint density at radius 1 is 1.42 bits per heavy atom. The molecule has 2 rings (SSSR count). The van der Waals surface area contributed by atoms with Crippen molar-refractivity contribution in [1.29, 1.82) is 0 Å². The summed E-state index contributed by atoms with van der Waals surface area (Å²) in [5.41, 5.74) is -2.16. The Hall–Kier alpha value is -2.35. The van der Waals surface area contributed by atoms with E-state index in [1.807, 2.05) is 0 Å². The third-order valence-electron chi connectivity index (χ3n) is 3.82. The fourth-order valence-corrected chi connectivity index (χ4v) is 2.73. The highest BCUT2D eigenvalue weighted by molar-refractivity contribution is 5.74. The number of nitrogens with zero attached hydrogens (tertiary/aromatic N) is 3. The Bertz CT molecular complexity index is 694. The summed E-state index contributed by atoms with van der Waals surface area (Å²) in [6.07, 6.45) is 2.79. The smallest absolute Gasteiger partial charge is 0.312 e. The first-order valence-corrected chi connectivity index (χ1v) is 7.59. The molecule has 2 atom stereocenters. The molecule has 2 aromatic rings. The van der Waals surface area contributed by atoms with Gasteiger partial charge in [0.05, 0.1) is 19.1 Å². The van der Waals surface area contributed by atoms with E-state index < -0.39 is 29.1 Å². The monoisotopic (exact) mass is 339 g/mol. The first kappa shape index (κ1) is 18.0. The van der Waals surface area contributed by atoms with Crippen molar-refractivity contribution in [1.82, 2.24) is 14.8 Å². The summed E-state index contributed by atoms with van der Waals surface area (Å²) in [4.78, 5) is 16.1. The SMILES string of the molecule is CCOC(=O)C(CC)C(O)(Cn1cncn1)c1ccc(F)cc1F. The number of carbonyl (C=O) groups is 1. The van der Waals surface area contributed by atoms with Crippen molar-refractivity contribution in [2.24, 2.45) is 5.92 Å². The summed E-state index contributed by atoms with van der Waals surface area (Å²) < 4.78 is 33.8. The van der Waals surface area contributed by atoms with Crippen LogP contribution in [0.25, 0.3) is 0 Å². The Morgan fingerprint density at radius 3 is 2.71 bits per heavy atom. The first-order valence-electron chi connectivity index (χ1n) is 7.59. The number of aromatic nitrogens is 3. The lowest BCUT2D eigenvalue weighted by molar-refractivity contribution is -0.161. The summed E-state index contributed by atoms with van der Waals surface area (Å²) in [7, 11) is 0. The van der Waals surface area contributed by atoms with Gasteiger partial charge in [0.25, 0.3) is 0 Å². The summed E-state index contributed by atoms with van der Waals surface area (Å²) in [5, 5.41) is 15.1. The number of halogens is 2. The Balaban J connectivity index is 2.52. The van der Waals surface area contributed by atoms with Crippen molar-refractivity contribution in [2.75, 3.05) is 6.61 Å². The molecule has 0 aliphatic carbocycles. The predicted octanol–water partition coefficient (Wildman–Crippen LogP) is 2.03. The average Bonchev–Trinajstić information content (AvgIpc) is 3.00. The largest absolute Gasteiger partial charge is 0.466 e. The van der Waals surface area contributed by atoms with E-state index in [1.165, 1.54) is 17.3 Å². The van der Waals surface area contributed by atoms with Crippen LogP contribution in [0.5, 0.6) is 0 Å². The molecule has 24 heavy (non-hydrogen) atoms. The molecule has 0 amide bonds. The van der Waals surface area contributed by atoms with Gasteiger partial charge in [-0.05, 0) is 19.4 Å². The van der Waals surface area contributed by atoms with Crippen LogP contribution in [0.2, 0.25) is 0 Å². The number of hydrogen-bond donors (Lipinski definition) is 1. The molecule has 130 valence electrons. The molecule has 0 spiro atoms. The molecule has 2 unspecified atom stereocenters. The minimum atomic E-state index is -1.97. The van der Waals surface area contributed by atoms with Crippen LogP contribution < -0.4 is 0 Å². The topological polar surface area (TPSA) is 77.2 Å². The summed E-state index contributed by atoms with van der Waals surface area (Å²) in [6, 6.07) is 2.82. The second-order valence-electron chi connectivity index (χ2n) is 5.35. The number of ether oxygens (including phenoxy) is 1. The van der Waals surface area contributed by atoms with Gasteiger partial charge in [-0.25, -0.2) is 18.4 Å². The van der Waals surface area contributed by atoms with Crippen LogP contribution in [-0.4, -0.2) is 32.4 Å². The van der Waals surface area contributed by atoms with Gasteiger partial charge in [-0.1, -0.05) is 13.0 Å². The Morgan fingerprint density at radius 2 is 2.17 bits per heavy atom. The van der Waals surface area contributed by atoms with Crippen molar-refractivity contribution in [3.63, 3.8) is 0 Å². The Kier molecular flexibility index (Phi) is 5.61. The molecule has 0 saturated heterocycles. The third-order valence-corrected chi connectivity index (χ3v) is 3.82. The third kappa shape index (κ3) is 3.59. The van der Waals surface area contributed by atoms with Gasteiger partial charge in [0.15, 0.2) is 0 Å². The van der Waals surface area contributed by atoms with Gasteiger partial charge < -0.3 is 9.84 Å². The van der Waals surface area contributed by atoms with Crippen molar-refractivity contribution in [3.05, 3.63) is 48.1 Å². The lowest BCUT2D eigenvalue weighted by Gasteiger charge is -2.34. The standard InChI is InChI=1S/C16H19F2N3O3/c1-3-12(15(22)24-4-2)16(23,8-21-10-19-9-20-21)13-6-5-11(17)7-14(13)18/h5-7,9-10,12,23H,3-4,8H2,1-2H3. The molecule has 1 N–H and O–H groups in total. The number of benzene rings is 1. The van der Waals surface area contributed by atoms with Gasteiger partial charge in [0.2, 0.25) is 0 Å². The van der Waals surface area contributed by atoms with E-state index in [0.717, 1.165) is 12.1 Å². The average molecular weight is 339 g/mol. The lowest BCUT2D eigenvalue weighted by atomic mass is 9.79. The van der Waals surface area contributed by atoms with Gasteiger partial charge in [0, 0.05) is 11.6 Å². The van der Waals surface area contributed by atoms with Gasteiger partial charge in [-0.3, -0.25) is 4.79 Å². The van der Waals surface area contributed by atoms with Crippen LogP contribution >= 0.6 is 0 Å². The van der Waals surface area contributed by atoms with E-state index in [-0.39, 0.29) is 25.1 Å². The van der Waals surface area contributed by atoms with Crippen LogP contribution in [0.3, 0.4) is 0 Å². The molecule has 1 heterocycles. The molecule has 0 fully saturated rings. The normalized spacial score (nSPS) is 14.9. The second kappa shape index (κ2) is 7.48. The number of carbonyl (C=O) groups excluding carboxylic acids is 1. The number of hydrogen-bond acceptors (Lipinski definition) is 5. The van der Waals surface area contributed by atoms with Crippen LogP contribution in [0.4, 0.5) is 8.78 Å². The number of rotatable bonds is 7. The summed E-state index contributed by atoms with van der Waals surface area (Å²) >= 11 is 0. The number of aliphatic hydroxyl groups is 1. The van der Waals surface area contributed by atoms with Gasteiger partial charge in [0.1, 0.15) is 29.9 Å². The molecule has 8 heteroatoms. The molecular weight excluding hydrogens is 320 g/mol. The van der Waals surface area contributed by atoms with E-state index in [4.69, 9.17) is 4.74 Å². The second-order valence-corrected chi connectivity index (χ2v) is 5.35. The molecule has 1 aromatic carbocycles. The quantitative estimate of drug-likeness (QED) is 0.781. The first-order chi connectivity index (χ1) is 11.4. The molecule has 0 radical (unpaired) electrons. The summed E-state index contributed by atoms with van der Waals surface area (Å²) in [5.74, 6) is -3.43. The minimum Gasteiger partial charge on any atom is -0.466 e. The van der Waals surface area contributed by atoms with Gasteiger partial charge in [-0.15, -0.1) is 0 Å². The van der Waals surface area contributed by atoms with Crippen LogP contribution in [-0.2, 0) is 21.7 Å². The maximum atomic E-state index is 14.3. The number of esters is 1. The van der Waals surface area contributed by atoms with E-state index >= 15 is 0 Å². The van der Waals surface area contributed by atoms with Gasteiger partial charge >= 0.3 is 5.97 Å². The van der Waals surface area contributed by atoms with Crippen molar-refractivity contribution < 1.29 is 23.4 Å². The van der Waals surface area contributed by atoms with Crippen molar-refractivity contribution >= 4 is 5.97 Å². The molecule has 0 saturated carbocycles. The highest BCUT2D eigenvalue weighted by Crippen LogP contribution is 2.36. The molecule has 1 aromatic heterocycles. The fraction of sp³-hybridized carbons (Fsp3) is 0.438. The molecular formula is C16H19F2N3O3. The van der Waals surface area contributed by atoms with Crippen molar-refractivity contribution in [2.45, 2.75) is 32.4 Å². The maximum absolute atomic E-state index is 14.3. The molecule has 0 bridgehead atoms. The Labute approximate surface area is 138 Å². The van der Waals surface area contributed by atoms with Crippen LogP contribution in [0.1, 0.15) is 25.8 Å². The fourth-order valence-electron chi connectivity index (χ4n) is 2.73. The molecule has 0 aliphatic rings. The van der Waals surface area contributed by atoms with Crippen LogP contribution in [0.15, 0.2) is 30.9 Å². The highest BCUT2D eigenvalue weighted by Gasteiger charge is 2.45. The minimum absolute atomic E-state index is 0.126. The maximum Gasteiger partial charge on any atom is 0.312 e. The van der Waals surface area contributed by atoms with E-state index in [2.05, 4.69) is 10.1 Å². The van der Waals surface area contributed by atoms with E-state index in [0.29, 0.717) is 6.07 Å². The zero-order valence-corrected chi connectivity index (χ0v) is 13.4. The summed E-state index contributed by atoms with van der Waals surface area (Å²) in [6.45, 7) is 3.21. The van der Waals surface area contributed by atoms with Gasteiger partial charge in [-0.2, -0.15) is 5.10 Å².